The largest absolute Gasteiger partial charge is 0.355 e. The second-order valence-corrected chi connectivity index (χ2v) is 5.36. The maximum Gasteiger partial charge on any atom is 0.273 e. The Morgan fingerprint density at radius 1 is 1.43 bits per heavy atom. The van der Waals surface area contributed by atoms with Gasteiger partial charge in [0.25, 0.3) is 5.91 Å². The van der Waals surface area contributed by atoms with E-state index in [0.29, 0.717) is 17.4 Å². The van der Waals surface area contributed by atoms with E-state index in [1.54, 1.807) is 18.5 Å². The van der Waals surface area contributed by atoms with Gasteiger partial charge < -0.3 is 15.2 Å². The first kappa shape index (κ1) is 13.8. The van der Waals surface area contributed by atoms with Crippen molar-refractivity contribution in [2.75, 3.05) is 13.1 Å². The molecule has 3 rings (SSSR count). The van der Waals surface area contributed by atoms with Crippen LogP contribution in [0.15, 0.2) is 35.1 Å². The number of aromatic nitrogens is 2. The lowest BCUT2D eigenvalue weighted by Gasteiger charge is -2.29. The lowest BCUT2D eigenvalue weighted by Crippen LogP contribution is -2.50. The Morgan fingerprint density at radius 3 is 3.00 bits per heavy atom. The van der Waals surface area contributed by atoms with Gasteiger partial charge in [0.05, 0.1) is 0 Å². The van der Waals surface area contributed by atoms with Crippen molar-refractivity contribution in [2.45, 2.75) is 19.4 Å². The van der Waals surface area contributed by atoms with Crippen LogP contribution < -0.4 is 10.6 Å². The Labute approximate surface area is 122 Å². The average molecular weight is 286 g/mol. The van der Waals surface area contributed by atoms with Crippen molar-refractivity contribution >= 4 is 5.91 Å². The number of hydrogen-bond donors (Lipinski definition) is 2. The molecular weight excluding hydrogens is 268 g/mol. The summed E-state index contributed by atoms with van der Waals surface area (Å²) in [7, 11) is 0. The van der Waals surface area contributed by atoms with Crippen LogP contribution in [0.3, 0.4) is 0 Å². The smallest absolute Gasteiger partial charge is 0.273 e. The Balaban J connectivity index is 1.69. The van der Waals surface area contributed by atoms with Crippen molar-refractivity contribution < 1.29 is 9.32 Å². The van der Waals surface area contributed by atoms with Crippen LogP contribution in [0.2, 0.25) is 0 Å². The third kappa shape index (κ3) is 3.11. The summed E-state index contributed by atoms with van der Waals surface area (Å²) < 4.78 is 5.23. The first-order valence-corrected chi connectivity index (χ1v) is 7.13. The zero-order valence-electron chi connectivity index (χ0n) is 11.9. The number of carbonyl (C=O) groups excluding carboxylic acids is 1. The molecule has 1 aliphatic heterocycles. The van der Waals surface area contributed by atoms with Gasteiger partial charge in [-0.2, -0.15) is 0 Å². The van der Waals surface area contributed by atoms with Crippen molar-refractivity contribution in [1.82, 2.24) is 20.8 Å². The molecule has 6 nitrogen and oxygen atoms in total. The second kappa shape index (κ2) is 6.05. The minimum atomic E-state index is -0.195. The zero-order chi connectivity index (χ0) is 14.7. The van der Waals surface area contributed by atoms with Crippen molar-refractivity contribution in [1.29, 1.82) is 0 Å². The van der Waals surface area contributed by atoms with Crippen molar-refractivity contribution in [3.63, 3.8) is 0 Å². The van der Waals surface area contributed by atoms with Crippen LogP contribution >= 0.6 is 0 Å². The number of pyridine rings is 1. The minimum absolute atomic E-state index is 0.132. The molecule has 110 valence electrons. The van der Waals surface area contributed by atoms with E-state index in [0.717, 1.165) is 25.1 Å². The normalized spacial score (nSPS) is 22.0. The maximum atomic E-state index is 12.2. The van der Waals surface area contributed by atoms with E-state index in [4.69, 9.17) is 4.52 Å². The Kier molecular flexibility index (Phi) is 3.96. The molecule has 0 saturated carbocycles. The van der Waals surface area contributed by atoms with Crippen LogP contribution in [0.4, 0.5) is 0 Å². The van der Waals surface area contributed by atoms with Gasteiger partial charge in [-0.05, 0) is 31.0 Å². The Hall–Kier alpha value is -2.21. The summed E-state index contributed by atoms with van der Waals surface area (Å²) in [5.74, 6) is 0.832. The van der Waals surface area contributed by atoms with Crippen molar-refractivity contribution in [2.24, 2.45) is 5.92 Å². The summed E-state index contributed by atoms with van der Waals surface area (Å²) in [5.41, 5.74) is 1.16. The number of carbonyl (C=O) groups is 1. The van der Waals surface area contributed by atoms with Crippen LogP contribution in [0.5, 0.6) is 0 Å². The fourth-order valence-corrected chi connectivity index (χ4v) is 2.46. The van der Waals surface area contributed by atoms with Gasteiger partial charge in [0.1, 0.15) is 0 Å². The highest BCUT2D eigenvalue weighted by Gasteiger charge is 2.24. The van der Waals surface area contributed by atoms with Crippen LogP contribution in [0.25, 0.3) is 11.3 Å². The van der Waals surface area contributed by atoms with E-state index in [9.17, 15) is 4.79 Å². The Bertz CT molecular complexity index is 611. The van der Waals surface area contributed by atoms with Gasteiger partial charge >= 0.3 is 0 Å². The summed E-state index contributed by atoms with van der Waals surface area (Å²) in [6, 6.07) is 5.42. The molecule has 0 spiro atoms. The molecule has 1 amide bonds. The predicted octanol–water partition coefficient (Wildman–Crippen LogP) is 1.46. The third-order valence-electron chi connectivity index (χ3n) is 3.85. The highest BCUT2D eigenvalue weighted by atomic mass is 16.5. The SMILES string of the molecule is CC1CCNCC1NC(=O)c1cc(-c2ccncc2)on1. The first-order chi connectivity index (χ1) is 10.2. The number of nitrogens with one attached hydrogen (secondary N) is 2. The number of rotatable bonds is 3. The van der Waals surface area contributed by atoms with E-state index in [-0.39, 0.29) is 11.9 Å². The quantitative estimate of drug-likeness (QED) is 0.893. The van der Waals surface area contributed by atoms with E-state index in [1.807, 2.05) is 12.1 Å². The van der Waals surface area contributed by atoms with Gasteiger partial charge in [-0.1, -0.05) is 12.1 Å². The molecule has 2 atom stereocenters. The molecule has 2 aromatic heterocycles. The van der Waals surface area contributed by atoms with Gasteiger partial charge in [-0.25, -0.2) is 0 Å². The molecule has 3 heterocycles. The summed E-state index contributed by atoms with van der Waals surface area (Å²) in [6.45, 7) is 3.95. The molecule has 2 N–H and O–H groups in total. The molecule has 1 fully saturated rings. The van der Waals surface area contributed by atoms with Crippen molar-refractivity contribution in [3.05, 3.63) is 36.3 Å². The molecule has 21 heavy (non-hydrogen) atoms. The Morgan fingerprint density at radius 2 is 2.24 bits per heavy atom. The fourth-order valence-electron chi connectivity index (χ4n) is 2.46. The van der Waals surface area contributed by atoms with Gasteiger partial charge in [0.15, 0.2) is 11.5 Å². The number of piperidine rings is 1. The summed E-state index contributed by atoms with van der Waals surface area (Å²) >= 11 is 0. The van der Waals surface area contributed by atoms with E-state index < -0.39 is 0 Å². The van der Waals surface area contributed by atoms with Crippen LogP contribution in [-0.4, -0.2) is 35.2 Å². The van der Waals surface area contributed by atoms with E-state index in [2.05, 4.69) is 27.7 Å². The molecular formula is C15H18N4O2. The number of nitrogens with zero attached hydrogens (tertiary/aromatic N) is 2. The average Bonchev–Trinajstić information content (AvgIpc) is 3.00. The fraction of sp³-hybridized carbons (Fsp3) is 0.400. The van der Waals surface area contributed by atoms with Gasteiger partial charge in [-0.15, -0.1) is 0 Å². The van der Waals surface area contributed by atoms with E-state index in [1.165, 1.54) is 0 Å². The van der Waals surface area contributed by atoms with E-state index >= 15 is 0 Å². The number of amides is 1. The minimum Gasteiger partial charge on any atom is -0.355 e. The summed E-state index contributed by atoms with van der Waals surface area (Å²) in [5, 5.41) is 10.2. The molecule has 0 radical (unpaired) electrons. The lowest BCUT2D eigenvalue weighted by atomic mass is 9.95. The molecule has 1 saturated heterocycles. The summed E-state index contributed by atoms with van der Waals surface area (Å²) in [4.78, 5) is 16.2. The van der Waals surface area contributed by atoms with Crippen LogP contribution in [0, 0.1) is 5.92 Å². The second-order valence-electron chi connectivity index (χ2n) is 5.36. The van der Waals surface area contributed by atoms with Gasteiger partial charge in [0.2, 0.25) is 0 Å². The monoisotopic (exact) mass is 286 g/mol. The van der Waals surface area contributed by atoms with Gasteiger partial charge in [0, 0.05) is 36.6 Å². The molecule has 0 aromatic carbocycles. The predicted molar refractivity (Wildman–Crippen MR) is 77.6 cm³/mol. The first-order valence-electron chi connectivity index (χ1n) is 7.13. The van der Waals surface area contributed by atoms with Gasteiger partial charge in [-0.3, -0.25) is 9.78 Å². The highest BCUT2D eigenvalue weighted by molar-refractivity contribution is 5.93. The maximum absolute atomic E-state index is 12.2. The van der Waals surface area contributed by atoms with Crippen LogP contribution in [0.1, 0.15) is 23.8 Å². The standard InChI is InChI=1S/C15H18N4O2/c1-10-2-5-17-9-13(10)18-15(20)12-8-14(21-19-12)11-3-6-16-7-4-11/h3-4,6-8,10,13,17H,2,5,9H2,1H3,(H,18,20). The number of hydrogen-bond acceptors (Lipinski definition) is 5. The molecule has 2 aromatic rings. The van der Waals surface area contributed by atoms with Crippen LogP contribution in [-0.2, 0) is 0 Å². The third-order valence-corrected chi connectivity index (χ3v) is 3.85. The molecule has 6 heteroatoms. The molecule has 0 aliphatic carbocycles. The highest BCUT2D eigenvalue weighted by Crippen LogP contribution is 2.19. The zero-order valence-corrected chi connectivity index (χ0v) is 11.9. The summed E-state index contributed by atoms with van der Waals surface area (Å²) in [6.07, 6.45) is 4.41. The van der Waals surface area contributed by atoms with Crippen molar-refractivity contribution in [3.8, 4) is 11.3 Å². The lowest BCUT2D eigenvalue weighted by molar-refractivity contribution is 0.0906. The molecule has 0 bridgehead atoms. The topological polar surface area (TPSA) is 80.0 Å². The molecule has 1 aliphatic rings. The molecule has 2 unspecified atom stereocenters.